The van der Waals surface area contributed by atoms with E-state index in [1.54, 1.807) is 0 Å². The highest BCUT2D eigenvalue weighted by Crippen LogP contribution is 2.41. The van der Waals surface area contributed by atoms with Gasteiger partial charge in [-0.25, -0.2) is 0 Å². The molecule has 3 aromatic carbocycles. The highest BCUT2D eigenvalue weighted by molar-refractivity contribution is 5.86. The average Bonchev–Trinajstić information content (AvgIpc) is 2.75. The van der Waals surface area contributed by atoms with Crippen LogP contribution in [0.15, 0.2) is 72.8 Å². The van der Waals surface area contributed by atoms with Gasteiger partial charge in [-0.05, 0) is 29.8 Å². The van der Waals surface area contributed by atoms with E-state index in [0.29, 0.717) is 5.75 Å². The number of nitrogens with zero attached hydrogens (tertiary/aromatic N) is 2. The number of benzene rings is 3. The van der Waals surface area contributed by atoms with Crippen molar-refractivity contribution in [2.24, 2.45) is 0 Å². The Morgan fingerprint density at radius 2 is 1.22 bits per heavy atom. The summed E-state index contributed by atoms with van der Waals surface area (Å²) >= 11 is 0. The fourth-order valence-electron chi connectivity index (χ4n) is 3.80. The summed E-state index contributed by atoms with van der Waals surface area (Å²) in [7, 11) is 0. The van der Waals surface area contributed by atoms with E-state index in [1.165, 1.54) is 5.69 Å². The summed E-state index contributed by atoms with van der Waals surface area (Å²) in [5, 5.41) is 11.1. The van der Waals surface area contributed by atoms with Crippen molar-refractivity contribution in [1.29, 1.82) is 0 Å². The topological polar surface area (TPSA) is 26.7 Å². The molecule has 1 saturated heterocycles. The van der Waals surface area contributed by atoms with Crippen LogP contribution in [0.2, 0.25) is 0 Å². The molecule has 3 nitrogen and oxygen atoms in total. The number of phenolic OH excluding ortho intramolecular Hbond substituents is 1. The molecule has 1 heterocycles. The van der Waals surface area contributed by atoms with Gasteiger partial charge in [0.1, 0.15) is 5.75 Å². The molecule has 1 aliphatic heterocycles. The van der Waals surface area contributed by atoms with Gasteiger partial charge in [0.15, 0.2) is 0 Å². The van der Waals surface area contributed by atoms with Crippen molar-refractivity contribution >= 4 is 5.69 Å². The Morgan fingerprint density at radius 1 is 0.741 bits per heavy atom. The van der Waals surface area contributed by atoms with Gasteiger partial charge in [0.05, 0.1) is 0 Å². The lowest BCUT2D eigenvalue weighted by Gasteiger charge is -2.36. The molecule has 27 heavy (non-hydrogen) atoms. The van der Waals surface area contributed by atoms with Gasteiger partial charge in [-0.1, -0.05) is 67.6 Å². The van der Waals surface area contributed by atoms with Crippen LogP contribution < -0.4 is 4.90 Å². The Labute approximate surface area is 161 Å². The number of likely N-dealkylation sites (N-methyl/N-ethyl adjacent to an activating group) is 1. The summed E-state index contributed by atoms with van der Waals surface area (Å²) in [6.45, 7) is 7.52. The van der Waals surface area contributed by atoms with Gasteiger partial charge in [-0.3, -0.25) is 0 Å². The molecule has 0 amide bonds. The second kappa shape index (κ2) is 7.85. The van der Waals surface area contributed by atoms with Gasteiger partial charge < -0.3 is 14.9 Å². The van der Waals surface area contributed by atoms with Crippen molar-refractivity contribution in [3.05, 3.63) is 72.8 Å². The van der Waals surface area contributed by atoms with E-state index in [9.17, 15) is 5.11 Å². The molecule has 3 aromatic rings. The maximum atomic E-state index is 11.1. The highest BCUT2D eigenvalue weighted by Gasteiger charge is 2.20. The first-order chi connectivity index (χ1) is 13.3. The zero-order valence-electron chi connectivity index (χ0n) is 15.8. The molecule has 4 rings (SSSR count). The van der Waals surface area contributed by atoms with Crippen LogP contribution in [-0.2, 0) is 0 Å². The lowest BCUT2D eigenvalue weighted by atomic mass is 9.96. The Morgan fingerprint density at radius 3 is 1.67 bits per heavy atom. The molecule has 0 radical (unpaired) electrons. The van der Waals surface area contributed by atoms with E-state index in [2.05, 4.69) is 53.1 Å². The summed E-state index contributed by atoms with van der Waals surface area (Å²) < 4.78 is 0. The summed E-state index contributed by atoms with van der Waals surface area (Å²) in [5.74, 6) is 0.350. The van der Waals surface area contributed by atoms with E-state index in [1.807, 2.05) is 36.4 Å². The number of aromatic hydroxyl groups is 1. The fraction of sp³-hybridized carbons (Fsp3) is 0.250. The van der Waals surface area contributed by atoms with Crippen molar-refractivity contribution < 1.29 is 5.11 Å². The Bertz CT molecular complexity index is 824. The lowest BCUT2D eigenvalue weighted by Crippen LogP contribution is -2.46. The van der Waals surface area contributed by atoms with E-state index < -0.39 is 0 Å². The Kier molecular flexibility index (Phi) is 5.12. The Hall–Kier alpha value is -2.78. The van der Waals surface area contributed by atoms with Crippen LogP contribution in [0, 0.1) is 0 Å². The van der Waals surface area contributed by atoms with Crippen LogP contribution in [0.1, 0.15) is 6.92 Å². The summed E-state index contributed by atoms with van der Waals surface area (Å²) in [4.78, 5) is 4.91. The third kappa shape index (κ3) is 3.69. The zero-order valence-corrected chi connectivity index (χ0v) is 15.8. The Balaban J connectivity index is 1.80. The molecule has 3 heteroatoms. The van der Waals surface area contributed by atoms with Crippen molar-refractivity contribution in [3.8, 4) is 28.0 Å². The molecular weight excluding hydrogens is 332 g/mol. The standard InChI is InChI=1S/C24H26N2O/c1-2-25-13-15-26(16-14-25)21-17-22(19-9-5-3-6-10-19)24(27)23(18-21)20-11-7-4-8-12-20/h3-12,17-18,27H,2,13-16H2,1H3. The van der Waals surface area contributed by atoms with E-state index >= 15 is 0 Å². The van der Waals surface area contributed by atoms with Crippen molar-refractivity contribution in [1.82, 2.24) is 4.90 Å². The normalized spacial score (nSPS) is 15.1. The van der Waals surface area contributed by atoms with Crippen LogP contribution in [0.3, 0.4) is 0 Å². The number of piperazine rings is 1. The quantitative estimate of drug-likeness (QED) is 0.721. The van der Waals surface area contributed by atoms with Crippen molar-refractivity contribution in [2.45, 2.75) is 6.92 Å². The van der Waals surface area contributed by atoms with Crippen LogP contribution in [0.5, 0.6) is 5.75 Å². The second-order valence-corrected chi connectivity index (χ2v) is 7.04. The van der Waals surface area contributed by atoms with Gasteiger partial charge in [0.25, 0.3) is 0 Å². The molecule has 0 saturated carbocycles. The second-order valence-electron chi connectivity index (χ2n) is 7.04. The van der Waals surface area contributed by atoms with Gasteiger partial charge in [-0.2, -0.15) is 0 Å². The lowest BCUT2D eigenvalue weighted by molar-refractivity contribution is 0.271. The van der Waals surface area contributed by atoms with Gasteiger partial charge in [0, 0.05) is 43.0 Å². The predicted octanol–water partition coefficient (Wildman–Crippen LogP) is 4.87. The first-order valence-electron chi connectivity index (χ1n) is 9.71. The largest absolute Gasteiger partial charge is 0.507 e. The molecule has 0 aliphatic carbocycles. The molecule has 0 bridgehead atoms. The van der Waals surface area contributed by atoms with E-state index in [-0.39, 0.29) is 0 Å². The molecule has 138 valence electrons. The monoisotopic (exact) mass is 358 g/mol. The van der Waals surface area contributed by atoms with Gasteiger partial charge in [-0.15, -0.1) is 0 Å². The van der Waals surface area contributed by atoms with Crippen LogP contribution in [0.25, 0.3) is 22.3 Å². The van der Waals surface area contributed by atoms with Crippen LogP contribution in [0.4, 0.5) is 5.69 Å². The fourth-order valence-corrected chi connectivity index (χ4v) is 3.80. The first kappa shape index (κ1) is 17.6. The number of hydrogen-bond donors (Lipinski definition) is 1. The predicted molar refractivity (Wildman–Crippen MR) is 113 cm³/mol. The molecule has 0 spiro atoms. The average molecular weight is 358 g/mol. The maximum Gasteiger partial charge on any atom is 0.131 e. The molecular formula is C24H26N2O. The number of phenols is 1. The van der Waals surface area contributed by atoms with E-state index in [4.69, 9.17) is 0 Å². The van der Waals surface area contributed by atoms with Crippen molar-refractivity contribution in [2.75, 3.05) is 37.6 Å². The molecule has 0 unspecified atom stereocenters. The summed E-state index contributed by atoms with van der Waals surface area (Å²) in [6.07, 6.45) is 0. The third-order valence-electron chi connectivity index (χ3n) is 5.45. The van der Waals surface area contributed by atoms with Crippen LogP contribution in [-0.4, -0.2) is 42.7 Å². The van der Waals surface area contributed by atoms with Crippen molar-refractivity contribution in [3.63, 3.8) is 0 Å². The number of rotatable bonds is 4. The minimum atomic E-state index is 0.350. The molecule has 0 aromatic heterocycles. The molecule has 1 aliphatic rings. The first-order valence-corrected chi connectivity index (χ1v) is 9.71. The minimum absolute atomic E-state index is 0.350. The van der Waals surface area contributed by atoms with E-state index in [0.717, 1.165) is 55.0 Å². The minimum Gasteiger partial charge on any atom is -0.507 e. The zero-order chi connectivity index (χ0) is 18.6. The smallest absolute Gasteiger partial charge is 0.131 e. The number of anilines is 1. The highest BCUT2D eigenvalue weighted by atomic mass is 16.3. The molecule has 1 N–H and O–H groups in total. The summed E-state index contributed by atoms with van der Waals surface area (Å²) in [5.41, 5.74) is 5.05. The van der Waals surface area contributed by atoms with Gasteiger partial charge >= 0.3 is 0 Å². The summed E-state index contributed by atoms with van der Waals surface area (Å²) in [6, 6.07) is 24.6. The number of hydrogen-bond acceptors (Lipinski definition) is 3. The molecule has 0 atom stereocenters. The molecule has 1 fully saturated rings. The van der Waals surface area contributed by atoms with Crippen LogP contribution >= 0.6 is 0 Å². The third-order valence-corrected chi connectivity index (χ3v) is 5.45. The van der Waals surface area contributed by atoms with Gasteiger partial charge in [0.2, 0.25) is 0 Å². The maximum absolute atomic E-state index is 11.1. The SMILES string of the molecule is CCN1CCN(c2cc(-c3ccccc3)c(O)c(-c3ccccc3)c2)CC1.